The largest absolute Gasteiger partial charge is 0.482 e. The molecular weight excluding hydrogens is 358 g/mol. The summed E-state index contributed by atoms with van der Waals surface area (Å²) in [5.74, 6) is 0.0705. The molecule has 27 heavy (non-hydrogen) atoms. The zero-order valence-corrected chi connectivity index (χ0v) is 16.2. The summed E-state index contributed by atoms with van der Waals surface area (Å²) in [6.45, 7) is 6.03. The number of aryl methyl sites for hydroxylation is 3. The van der Waals surface area contributed by atoms with Crippen molar-refractivity contribution in [1.82, 2.24) is 4.98 Å². The summed E-state index contributed by atoms with van der Waals surface area (Å²) in [4.78, 5) is 16.7. The van der Waals surface area contributed by atoms with Gasteiger partial charge < -0.3 is 4.74 Å². The van der Waals surface area contributed by atoms with Gasteiger partial charge in [-0.05, 0) is 55.7 Å². The van der Waals surface area contributed by atoms with Crippen LogP contribution < -0.4 is 10.1 Å². The van der Waals surface area contributed by atoms with Crippen molar-refractivity contribution in [3.05, 3.63) is 64.0 Å². The lowest BCUT2D eigenvalue weighted by atomic mass is 9.99. The Balaban J connectivity index is 1.66. The Kier molecular flexibility index (Phi) is 5.53. The zero-order valence-electron chi connectivity index (χ0n) is 15.4. The van der Waals surface area contributed by atoms with Gasteiger partial charge in [0, 0.05) is 10.9 Å². The first-order valence-electron chi connectivity index (χ1n) is 8.43. The van der Waals surface area contributed by atoms with Crippen molar-refractivity contribution in [2.24, 2.45) is 0 Å². The zero-order chi connectivity index (χ0) is 19.4. The number of nitrogens with one attached hydrogen (secondary N) is 1. The molecule has 2 aromatic carbocycles. The summed E-state index contributed by atoms with van der Waals surface area (Å²) in [5.41, 5.74) is 5.90. The highest BCUT2D eigenvalue weighted by Crippen LogP contribution is 2.29. The lowest BCUT2D eigenvalue weighted by Crippen LogP contribution is -2.20. The predicted molar refractivity (Wildman–Crippen MR) is 107 cm³/mol. The molecule has 0 aliphatic carbocycles. The van der Waals surface area contributed by atoms with Gasteiger partial charge in [-0.1, -0.05) is 18.2 Å². The number of anilines is 1. The third kappa shape index (κ3) is 4.33. The maximum absolute atomic E-state index is 12.1. The quantitative estimate of drug-likeness (QED) is 0.704. The summed E-state index contributed by atoms with van der Waals surface area (Å²) in [6, 6.07) is 13.1. The number of rotatable bonds is 5. The van der Waals surface area contributed by atoms with Crippen molar-refractivity contribution >= 4 is 22.4 Å². The van der Waals surface area contributed by atoms with Crippen LogP contribution in [0.25, 0.3) is 11.3 Å². The van der Waals surface area contributed by atoms with Crippen LogP contribution in [0.2, 0.25) is 0 Å². The summed E-state index contributed by atoms with van der Waals surface area (Å²) < 4.78 is 5.44. The normalized spacial score (nSPS) is 10.3. The monoisotopic (exact) mass is 377 g/mol. The number of amides is 1. The molecular formula is C21H19N3O2S. The van der Waals surface area contributed by atoms with E-state index in [2.05, 4.69) is 43.2 Å². The first-order chi connectivity index (χ1) is 13.0. The molecule has 1 heterocycles. The van der Waals surface area contributed by atoms with Gasteiger partial charge in [0.15, 0.2) is 11.7 Å². The molecule has 0 spiro atoms. The highest BCUT2D eigenvalue weighted by Gasteiger charge is 2.12. The van der Waals surface area contributed by atoms with Gasteiger partial charge in [-0.2, -0.15) is 5.26 Å². The van der Waals surface area contributed by atoms with Crippen LogP contribution in [-0.4, -0.2) is 17.5 Å². The Bertz CT molecular complexity index is 1030. The molecule has 0 radical (unpaired) electrons. The summed E-state index contributed by atoms with van der Waals surface area (Å²) in [7, 11) is 0. The molecule has 6 heteroatoms. The SMILES string of the molecule is Cc1cc(C)c(-c2csc(NC(=O)COc3ccccc3C#N)n2)cc1C. The Hall–Kier alpha value is -3.17. The molecule has 0 aliphatic heterocycles. The Morgan fingerprint density at radius 1 is 1.19 bits per heavy atom. The number of benzene rings is 2. The van der Waals surface area contributed by atoms with Gasteiger partial charge in [0.1, 0.15) is 11.8 Å². The molecule has 3 aromatic rings. The summed E-state index contributed by atoms with van der Waals surface area (Å²) in [5, 5.41) is 14.2. The average Bonchev–Trinajstić information content (AvgIpc) is 3.11. The van der Waals surface area contributed by atoms with Gasteiger partial charge in [-0.25, -0.2) is 4.98 Å². The van der Waals surface area contributed by atoms with E-state index in [9.17, 15) is 4.79 Å². The maximum Gasteiger partial charge on any atom is 0.264 e. The van der Waals surface area contributed by atoms with E-state index in [0.29, 0.717) is 16.4 Å². The first-order valence-corrected chi connectivity index (χ1v) is 9.31. The van der Waals surface area contributed by atoms with Crippen molar-refractivity contribution < 1.29 is 9.53 Å². The number of nitrogens with zero attached hydrogens (tertiary/aromatic N) is 2. The molecule has 0 saturated carbocycles. The van der Waals surface area contributed by atoms with Gasteiger partial charge in [0.05, 0.1) is 11.3 Å². The van der Waals surface area contributed by atoms with Crippen LogP contribution in [0.15, 0.2) is 41.8 Å². The summed E-state index contributed by atoms with van der Waals surface area (Å²) >= 11 is 1.37. The minimum absolute atomic E-state index is 0.184. The van der Waals surface area contributed by atoms with Gasteiger partial charge >= 0.3 is 0 Å². The van der Waals surface area contributed by atoms with E-state index in [-0.39, 0.29) is 12.5 Å². The number of nitriles is 1. The molecule has 3 rings (SSSR count). The Morgan fingerprint density at radius 2 is 1.93 bits per heavy atom. The second-order valence-corrected chi connectivity index (χ2v) is 7.09. The molecule has 1 amide bonds. The van der Waals surface area contributed by atoms with E-state index < -0.39 is 0 Å². The van der Waals surface area contributed by atoms with E-state index in [4.69, 9.17) is 10.00 Å². The molecule has 0 unspecified atom stereocenters. The van der Waals surface area contributed by atoms with Crippen LogP contribution >= 0.6 is 11.3 Å². The number of para-hydroxylation sites is 1. The Labute approximate surface area is 162 Å². The van der Waals surface area contributed by atoms with Gasteiger partial charge in [0.25, 0.3) is 5.91 Å². The van der Waals surface area contributed by atoms with Gasteiger partial charge in [-0.15, -0.1) is 11.3 Å². The molecule has 1 aromatic heterocycles. The molecule has 0 saturated heterocycles. The van der Waals surface area contributed by atoms with Crippen molar-refractivity contribution in [3.63, 3.8) is 0 Å². The average molecular weight is 377 g/mol. The van der Waals surface area contributed by atoms with Crippen LogP contribution in [-0.2, 0) is 4.79 Å². The number of thiazole rings is 1. The molecule has 136 valence electrons. The molecule has 0 bridgehead atoms. The second kappa shape index (κ2) is 8.02. The van der Waals surface area contributed by atoms with E-state index in [1.807, 2.05) is 11.4 Å². The summed E-state index contributed by atoms with van der Waals surface area (Å²) in [6.07, 6.45) is 0. The molecule has 0 fully saturated rings. The molecule has 5 nitrogen and oxygen atoms in total. The standard InChI is InChI=1S/C21H19N3O2S/c1-13-8-15(3)17(9-14(13)2)18-12-27-21(23-18)24-20(25)11-26-19-7-5-4-6-16(19)10-22/h4-9,12H,11H2,1-3H3,(H,23,24,25). The maximum atomic E-state index is 12.1. The van der Waals surface area contributed by atoms with Crippen molar-refractivity contribution in [1.29, 1.82) is 5.26 Å². The molecule has 0 aliphatic rings. The van der Waals surface area contributed by atoms with Gasteiger partial charge in [-0.3, -0.25) is 10.1 Å². The van der Waals surface area contributed by atoms with E-state index in [1.54, 1.807) is 24.3 Å². The number of hydrogen-bond acceptors (Lipinski definition) is 5. The fourth-order valence-corrected chi connectivity index (χ4v) is 3.40. The minimum Gasteiger partial charge on any atom is -0.482 e. The fourth-order valence-electron chi connectivity index (χ4n) is 2.67. The van der Waals surface area contributed by atoms with E-state index in [1.165, 1.54) is 22.5 Å². The number of hydrogen-bond donors (Lipinski definition) is 1. The van der Waals surface area contributed by atoms with Gasteiger partial charge in [0.2, 0.25) is 0 Å². The van der Waals surface area contributed by atoms with Crippen LogP contribution in [0.1, 0.15) is 22.3 Å². The fraction of sp³-hybridized carbons (Fsp3) is 0.190. The molecule has 1 N–H and O–H groups in total. The van der Waals surface area contributed by atoms with Crippen molar-refractivity contribution in [2.45, 2.75) is 20.8 Å². The number of ether oxygens (including phenoxy) is 1. The smallest absolute Gasteiger partial charge is 0.264 e. The lowest BCUT2D eigenvalue weighted by Gasteiger charge is -2.08. The van der Waals surface area contributed by atoms with Crippen LogP contribution in [0.3, 0.4) is 0 Å². The topological polar surface area (TPSA) is 75.0 Å². The van der Waals surface area contributed by atoms with Crippen LogP contribution in [0, 0.1) is 32.1 Å². The highest BCUT2D eigenvalue weighted by atomic mass is 32.1. The van der Waals surface area contributed by atoms with E-state index >= 15 is 0 Å². The second-order valence-electron chi connectivity index (χ2n) is 6.23. The van der Waals surface area contributed by atoms with Crippen molar-refractivity contribution in [2.75, 3.05) is 11.9 Å². The van der Waals surface area contributed by atoms with Crippen LogP contribution in [0.5, 0.6) is 5.75 Å². The Morgan fingerprint density at radius 3 is 2.70 bits per heavy atom. The number of aromatic nitrogens is 1. The minimum atomic E-state index is -0.319. The third-order valence-electron chi connectivity index (χ3n) is 4.23. The third-order valence-corrected chi connectivity index (χ3v) is 4.99. The predicted octanol–water partition coefficient (Wildman–Crippen LogP) is 4.62. The van der Waals surface area contributed by atoms with Crippen molar-refractivity contribution in [3.8, 4) is 23.1 Å². The number of carbonyl (C=O) groups excluding carboxylic acids is 1. The number of carbonyl (C=O) groups is 1. The molecule has 0 atom stereocenters. The van der Waals surface area contributed by atoms with Crippen LogP contribution in [0.4, 0.5) is 5.13 Å². The highest BCUT2D eigenvalue weighted by molar-refractivity contribution is 7.14. The first kappa shape index (κ1) is 18.6. The lowest BCUT2D eigenvalue weighted by molar-refractivity contribution is -0.118. The van der Waals surface area contributed by atoms with E-state index in [0.717, 1.165) is 16.8 Å².